The lowest BCUT2D eigenvalue weighted by molar-refractivity contribution is -0.143. The Morgan fingerprint density at radius 3 is 2.58 bits per heavy atom. The lowest BCUT2D eigenvalue weighted by atomic mass is 10.0. The predicted molar refractivity (Wildman–Crippen MR) is 176 cm³/mol. The molecule has 5 N–H and O–H groups in total. The van der Waals surface area contributed by atoms with Crippen LogP contribution in [0.2, 0.25) is 0 Å². The highest BCUT2D eigenvalue weighted by molar-refractivity contribution is 7.20. The van der Waals surface area contributed by atoms with Crippen LogP contribution in [0, 0.1) is 11.8 Å². The lowest BCUT2D eigenvalue weighted by Gasteiger charge is -2.33. The summed E-state index contributed by atoms with van der Waals surface area (Å²) in [6.45, 7) is -2.61. The number of likely N-dealkylation sites (tertiary alicyclic amines) is 1. The second kappa shape index (κ2) is 16.8. The van der Waals surface area contributed by atoms with Crippen molar-refractivity contribution in [1.82, 2.24) is 10.2 Å². The Hall–Kier alpha value is -4.69. The first kappa shape index (κ1) is 38.1. The number of ether oxygens (including phenoxy) is 2. The minimum absolute atomic E-state index is 0.00774. The van der Waals surface area contributed by atoms with Gasteiger partial charge in [-0.2, -0.15) is 22.0 Å². The van der Waals surface area contributed by atoms with Crippen LogP contribution >= 0.6 is 11.3 Å². The van der Waals surface area contributed by atoms with Crippen LogP contribution in [0.1, 0.15) is 40.1 Å². The third-order valence-corrected chi connectivity index (χ3v) is 8.98. The van der Waals surface area contributed by atoms with E-state index in [-0.39, 0.29) is 47.6 Å². The summed E-state index contributed by atoms with van der Waals surface area (Å²) in [4.78, 5) is 38.0. The van der Waals surface area contributed by atoms with E-state index >= 15 is 0 Å². The number of halogens is 6. The molecule has 4 rings (SSSR count). The van der Waals surface area contributed by atoms with Crippen molar-refractivity contribution in [1.29, 1.82) is 0 Å². The molecule has 0 saturated carbocycles. The van der Waals surface area contributed by atoms with Gasteiger partial charge in [0.2, 0.25) is 5.91 Å². The van der Waals surface area contributed by atoms with Gasteiger partial charge in [-0.15, -0.1) is 11.3 Å². The van der Waals surface area contributed by atoms with Gasteiger partial charge in [0.25, 0.3) is 5.91 Å². The molecule has 17 heteroatoms. The molecule has 10 nitrogen and oxygen atoms in total. The molecule has 1 fully saturated rings. The number of primary amides is 1. The maximum Gasteiger partial charge on any atom is 0.393 e. The smallest absolute Gasteiger partial charge is 0.393 e. The van der Waals surface area contributed by atoms with E-state index in [1.54, 1.807) is 18.2 Å². The summed E-state index contributed by atoms with van der Waals surface area (Å²) in [7, 11) is 2.89. The molecule has 0 bridgehead atoms. The molecular formula is C33H35F6N5O5S. The Labute approximate surface area is 287 Å². The number of esters is 1. The molecule has 2 heterocycles. The van der Waals surface area contributed by atoms with Gasteiger partial charge in [0.05, 0.1) is 47.1 Å². The van der Waals surface area contributed by atoms with Crippen molar-refractivity contribution in [2.75, 3.05) is 44.4 Å². The molecule has 1 aliphatic heterocycles. The second-order valence-electron chi connectivity index (χ2n) is 11.5. The molecule has 1 saturated heterocycles. The number of alkyl halides is 6. The summed E-state index contributed by atoms with van der Waals surface area (Å²) < 4.78 is 92.0. The summed E-state index contributed by atoms with van der Waals surface area (Å²) in [5.41, 5.74) is 5.41. The standard InChI is InChI=1S/C33H35F6N5O5S/c1-44-14-12-22(21(34)17-44)42-24-6-3-5-19-20(16-33(37,38)39)27(50-29(19)24)7-4-13-41-23-9-8-18(15-26(23)49-32(35)36)30(46)43-25(31(47)48-2)10-11-28(40)45/h3,5-6,8-9,15,21-22,25,32,41-42H,10-14,16-17H2,1-2H3,(H2,40,45)(H,43,46). The first-order valence-electron chi connectivity index (χ1n) is 15.3. The van der Waals surface area contributed by atoms with Crippen molar-refractivity contribution in [3.8, 4) is 17.6 Å². The summed E-state index contributed by atoms with van der Waals surface area (Å²) in [5.74, 6) is 2.60. The largest absolute Gasteiger partial charge is 0.467 e. The van der Waals surface area contributed by atoms with Crippen LogP contribution in [-0.2, 0) is 20.7 Å². The third-order valence-electron chi connectivity index (χ3n) is 7.78. The molecule has 0 radical (unpaired) electrons. The SMILES string of the molecule is COC(=O)C(CCC(N)=O)NC(=O)c1ccc(NCC#Cc2sc3c(NC4CCN(C)CC4F)cccc3c2CC(F)(F)F)c(OC(F)F)c1. The minimum Gasteiger partial charge on any atom is -0.467 e. The molecule has 3 unspecified atom stereocenters. The number of thiophene rings is 1. The maximum absolute atomic E-state index is 14.8. The van der Waals surface area contributed by atoms with Crippen LogP contribution in [0.5, 0.6) is 5.75 Å². The summed E-state index contributed by atoms with van der Waals surface area (Å²) in [5, 5.41) is 8.64. The molecule has 270 valence electrons. The molecule has 0 spiro atoms. The van der Waals surface area contributed by atoms with Gasteiger partial charge in [-0.25, -0.2) is 9.18 Å². The normalized spacial score (nSPS) is 17.1. The van der Waals surface area contributed by atoms with E-state index in [9.17, 15) is 40.7 Å². The van der Waals surface area contributed by atoms with E-state index in [1.807, 2.05) is 11.9 Å². The minimum atomic E-state index is -4.54. The van der Waals surface area contributed by atoms with Crippen LogP contribution in [0.15, 0.2) is 36.4 Å². The zero-order valence-corrected chi connectivity index (χ0v) is 27.8. The lowest BCUT2D eigenvalue weighted by Crippen LogP contribution is -2.46. The average Bonchev–Trinajstić information content (AvgIpc) is 3.38. The van der Waals surface area contributed by atoms with Gasteiger partial charge in [-0.05, 0) is 55.1 Å². The van der Waals surface area contributed by atoms with Gasteiger partial charge in [-0.3, -0.25) is 9.59 Å². The molecular weight excluding hydrogens is 692 g/mol. The van der Waals surface area contributed by atoms with Crippen LogP contribution in [-0.4, -0.2) is 87.5 Å². The summed E-state index contributed by atoms with van der Waals surface area (Å²) in [6.07, 6.45) is -6.84. The number of anilines is 2. The van der Waals surface area contributed by atoms with Crippen LogP contribution in [0.25, 0.3) is 10.1 Å². The average molecular weight is 728 g/mol. The highest BCUT2D eigenvalue weighted by Gasteiger charge is 2.32. The van der Waals surface area contributed by atoms with Crippen molar-refractivity contribution in [2.45, 2.75) is 56.7 Å². The van der Waals surface area contributed by atoms with E-state index in [4.69, 9.17) is 5.73 Å². The van der Waals surface area contributed by atoms with Gasteiger partial charge in [0.15, 0.2) is 0 Å². The van der Waals surface area contributed by atoms with Gasteiger partial charge < -0.3 is 36.1 Å². The molecule has 2 amide bonds. The number of fused-ring (bicyclic) bond motifs is 1. The number of hydrogen-bond donors (Lipinski definition) is 4. The zero-order valence-electron chi connectivity index (χ0n) is 27.0. The van der Waals surface area contributed by atoms with E-state index in [2.05, 4.69) is 37.3 Å². The number of nitrogens with one attached hydrogen (secondary N) is 3. The van der Waals surface area contributed by atoms with Gasteiger partial charge in [0.1, 0.15) is 18.0 Å². The Morgan fingerprint density at radius 2 is 1.92 bits per heavy atom. The number of rotatable bonds is 13. The monoisotopic (exact) mass is 727 g/mol. The Morgan fingerprint density at radius 1 is 1.16 bits per heavy atom. The molecule has 1 aliphatic rings. The van der Waals surface area contributed by atoms with Crippen molar-refractivity contribution in [3.05, 3.63) is 52.4 Å². The van der Waals surface area contributed by atoms with E-state index in [0.29, 0.717) is 28.7 Å². The van der Waals surface area contributed by atoms with Crippen LogP contribution in [0.3, 0.4) is 0 Å². The van der Waals surface area contributed by atoms with Crippen LogP contribution < -0.4 is 26.4 Å². The molecule has 3 atom stereocenters. The summed E-state index contributed by atoms with van der Waals surface area (Å²) >= 11 is 1.03. The molecule has 0 aliphatic carbocycles. The number of carbonyl (C=O) groups is 3. The number of carbonyl (C=O) groups excluding carboxylic acids is 3. The predicted octanol–water partition coefficient (Wildman–Crippen LogP) is 5.06. The van der Waals surface area contributed by atoms with Crippen LogP contribution in [0.4, 0.5) is 37.7 Å². The fourth-order valence-corrected chi connectivity index (χ4v) is 6.54. The number of piperidine rings is 1. The zero-order chi connectivity index (χ0) is 36.6. The molecule has 2 aromatic carbocycles. The van der Waals surface area contributed by atoms with Crippen molar-refractivity contribution < 1.29 is 50.2 Å². The van der Waals surface area contributed by atoms with E-state index in [0.717, 1.165) is 24.5 Å². The van der Waals surface area contributed by atoms with Crippen molar-refractivity contribution in [3.63, 3.8) is 0 Å². The fourth-order valence-electron chi connectivity index (χ4n) is 5.37. The van der Waals surface area contributed by atoms with Gasteiger partial charge in [-0.1, -0.05) is 24.0 Å². The molecule has 3 aromatic rings. The van der Waals surface area contributed by atoms with Gasteiger partial charge in [0, 0.05) is 25.1 Å². The molecule has 50 heavy (non-hydrogen) atoms. The quantitative estimate of drug-likeness (QED) is 0.109. The number of methoxy groups -OCH3 is 1. The van der Waals surface area contributed by atoms with Crippen molar-refractivity contribution in [2.24, 2.45) is 5.73 Å². The number of hydrogen-bond acceptors (Lipinski definition) is 9. The first-order valence-corrected chi connectivity index (χ1v) is 16.2. The summed E-state index contributed by atoms with van der Waals surface area (Å²) in [6, 6.07) is 6.58. The molecule has 1 aromatic heterocycles. The Kier molecular flexibility index (Phi) is 12.8. The number of nitrogens with zero attached hydrogens (tertiary/aromatic N) is 1. The Balaban J connectivity index is 1.55. The maximum atomic E-state index is 14.8. The third kappa shape index (κ3) is 10.4. The van der Waals surface area contributed by atoms with Gasteiger partial charge >= 0.3 is 18.8 Å². The first-order chi connectivity index (χ1) is 23.6. The second-order valence-corrected chi connectivity index (χ2v) is 12.5. The Bertz CT molecular complexity index is 1760. The topological polar surface area (TPSA) is 135 Å². The highest BCUT2D eigenvalue weighted by atomic mass is 32.1. The number of benzene rings is 2. The van der Waals surface area contributed by atoms with E-state index in [1.165, 1.54) is 12.1 Å². The number of nitrogens with two attached hydrogens (primary N) is 1. The number of amides is 2. The van der Waals surface area contributed by atoms with Crippen molar-refractivity contribution >= 4 is 50.6 Å². The fraction of sp³-hybridized carbons (Fsp3) is 0.424. The van der Waals surface area contributed by atoms with E-state index < -0.39 is 61.0 Å². The highest BCUT2D eigenvalue weighted by Crippen LogP contribution is 2.39.